The van der Waals surface area contributed by atoms with Gasteiger partial charge in [0.05, 0.1) is 35.1 Å². The highest BCUT2D eigenvalue weighted by Gasteiger charge is 2.28. The lowest BCUT2D eigenvalue weighted by Gasteiger charge is -2.10. The molecule has 0 atom stereocenters. The van der Waals surface area contributed by atoms with Crippen LogP contribution in [0.2, 0.25) is 0 Å². The van der Waals surface area contributed by atoms with Gasteiger partial charge >= 0.3 is 5.97 Å². The molecule has 0 unspecified atom stereocenters. The fraction of sp³-hybridized carbons (Fsp3) is 0.182. The second-order valence-electron chi connectivity index (χ2n) is 7.00. The van der Waals surface area contributed by atoms with E-state index in [1.165, 1.54) is 0 Å². The monoisotopic (exact) mass is 511 g/mol. The minimum absolute atomic E-state index is 0.304. The van der Waals surface area contributed by atoms with E-state index in [4.69, 9.17) is 4.74 Å². The highest BCUT2D eigenvalue weighted by molar-refractivity contribution is 14.1. The van der Waals surface area contributed by atoms with Crippen molar-refractivity contribution in [3.63, 3.8) is 0 Å². The molecule has 0 aliphatic carbocycles. The summed E-state index contributed by atoms with van der Waals surface area (Å²) in [4.78, 5) is 16.9. The fourth-order valence-corrected chi connectivity index (χ4v) is 4.25. The summed E-state index contributed by atoms with van der Waals surface area (Å²) in [6.07, 6.45) is 2.83. The number of carbonyl (C=O) groups is 1. The van der Waals surface area contributed by atoms with E-state index >= 15 is 0 Å². The molecule has 0 amide bonds. The zero-order chi connectivity index (χ0) is 20.7. The summed E-state index contributed by atoms with van der Waals surface area (Å²) in [6.45, 7) is 2.10. The number of hydrogen-bond donors (Lipinski definition) is 0. The minimum Gasteiger partial charge on any atom is -0.461 e. The van der Waals surface area contributed by atoms with Gasteiger partial charge in [-0.3, -0.25) is 4.57 Å². The molecule has 0 saturated carbocycles. The molecule has 0 spiro atoms. The van der Waals surface area contributed by atoms with Crippen LogP contribution in [0.4, 0.5) is 0 Å². The summed E-state index contributed by atoms with van der Waals surface area (Å²) in [6, 6.07) is 16.3. The van der Waals surface area contributed by atoms with Gasteiger partial charge in [-0.2, -0.15) is 0 Å². The smallest absolute Gasteiger partial charge is 0.358 e. The van der Waals surface area contributed by atoms with Crippen LogP contribution in [0.25, 0.3) is 11.4 Å². The van der Waals surface area contributed by atoms with Gasteiger partial charge in [-0.25, -0.2) is 14.5 Å². The van der Waals surface area contributed by atoms with Crippen LogP contribution in [-0.4, -0.2) is 37.1 Å². The molecule has 8 heteroatoms. The van der Waals surface area contributed by atoms with Crippen molar-refractivity contribution in [1.82, 2.24) is 24.5 Å². The molecule has 0 bridgehead atoms. The Bertz CT molecular complexity index is 1250. The Balaban J connectivity index is 1.69. The summed E-state index contributed by atoms with van der Waals surface area (Å²) in [5.41, 5.74) is 5.93. The Kier molecular flexibility index (Phi) is 4.86. The van der Waals surface area contributed by atoms with Gasteiger partial charge in [0.25, 0.3) is 0 Å². The van der Waals surface area contributed by atoms with E-state index < -0.39 is 5.97 Å². The second-order valence-corrected chi connectivity index (χ2v) is 8.24. The zero-order valence-electron chi connectivity index (χ0n) is 16.2. The Hall–Kier alpha value is -3.01. The average molecular weight is 511 g/mol. The molecule has 30 heavy (non-hydrogen) atoms. The van der Waals surface area contributed by atoms with Crippen LogP contribution in [0.3, 0.4) is 0 Å². The first-order chi connectivity index (χ1) is 14.7. The van der Waals surface area contributed by atoms with Gasteiger partial charge in [0.15, 0.2) is 5.69 Å². The molecule has 5 rings (SSSR count). The molecule has 0 radical (unpaired) electrons. The van der Waals surface area contributed by atoms with Crippen molar-refractivity contribution < 1.29 is 9.53 Å². The van der Waals surface area contributed by atoms with Gasteiger partial charge in [0, 0.05) is 16.4 Å². The maximum absolute atomic E-state index is 12.5. The number of benzene rings is 2. The molecule has 4 aromatic rings. The molecule has 0 fully saturated rings. The van der Waals surface area contributed by atoms with E-state index in [1.807, 2.05) is 39.6 Å². The lowest BCUT2D eigenvalue weighted by molar-refractivity contribution is 0.0519. The molecule has 2 aromatic heterocycles. The van der Waals surface area contributed by atoms with Crippen molar-refractivity contribution in [3.05, 3.63) is 86.8 Å². The van der Waals surface area contributed by atoms with Crippen LogP contribution in [0.5, 0.6) is 0 Å². The lowest BCUT2D eigenvalue weighted by atomic mass is 10.1. The van der Waals surface area contributed by atoms with Crippen molar-refractivity contribution >= 4 is 28.6 Å². The quantitative estimate of drug-likeness (QED) is 0.272. The molecular formula is C22H18IN5O2. The Labute approximate surface area is 186 Å². The summed E-state index contributed by atoms with van der Waals surface area (Å²) < 4.78 is 10.2. The first-order valence-electron chi connectivity index (χ1n) is 9.66. The van der Waals surface area contributed by atoms with Gasteiger partial charge in [-0.15, -0.1) is 5.10 Å². The number of carbonyl (C=O) groups excluding carboxylic acids is 1. The van der Waals surface area contributed by atoms with Crippen LogP contribution in [0, 0.1) is 3.57 Å². The lowest BCUT2D eigenvalue weighted by Crippen LogP contribution is -2.11. The number of fused-ring (bicyclic) bond motifs is 5. The second kappa shape index (κ2) is 7.67. The Morgan fingerprint density at radius 3 is 2.77 bits per heavy atom. The molecule has 1 aliphatic heterocycles. The van der Waals surface area contributed by atoms with E-state index in [2.05, 4.69) is 56.1 Å². The summed E-state index contributed by atoms with van der Waals surface area (Å²) >= 11 is 2.29. The van der Waals surface area contributed by atoms with Crippen molar-refractivity contribution in [2.24, 2.45) is 0 Å². The van der Waals surface area contributed by atoms with Crippen LogP contribution >= 0.6 is 22.6 Å². The summed E-state index contributed by atoms with van der Waals surface area (Å²) in [5.74, 6) is -0.413. The Morgan fingerprint density at radius 1 is 1.13 bits per heavy atom. The van der Waals surface area contributed by atoms with E-state index in [0.29, 0.717) is 25.1 Å². The van der Waals surface area contributed by atoms with Gasteiger partial charge in [-0.1, -0.05) is 35.5 Å². The van der Waals surface area contributed by atoms with Crippen LogP contribution in [0.1, 0.15) is 40.1 Å². The van der Waals surface area contributed by atoms with Crippen LogP contribution in [0.15, 0.2) is 54.9 Å². The summed E-state index contributed by atoms with van der Waals surface area (Å²) in [7, 11) is 0. The largest absolute Gasteiger partial charge is 0.461 e. The van der Waals surface area contributed by atoms with Crippen molar-refractivity contribution in [2.45, 2.75) is 19.8 Å². The highest BCUT2D eigenvalue weighted by atomic mass is 127. The standard InChI is InChI=1S/C22H18IN5O2/c1-2-30-22(29)21-20-12-18-16(10-14-6-4-3-5-7-14)25-26-28(18)19-11-15(23)8-9-17(19)27(20)13-24-21/h3-9,11,13H,2,10,12H2,1H3. The highest BCUT2D eigenvalue weighted by Crippen LogP contribution is 2.31. The van der Waals surface area contributed by atoms with E-state index in [1.54, 1.807) is 13.3 Å². The fourth-order valence-electron chi connectivity index (χ4n) is 3.78. The topological polar surface area (TPSA) is 74.8 Å². The van der Waals surface area contributed by atoms with E-state index in [0.717, 1.165) is 37.6 Å². The number of halogens is 1. The first kappa shape index (κ1) is 19.0. The summed E-state index contributed by atoms with van der Waals surface area (Å²) in [5, 5.41) is 8.98. The Morgan fingerprint density at radius 2 is 1.97 bits per heavy atom. The number of aromatic nitrogens is 5. The average Bonchev–Trinajstić information content (AvgIpc) is 3.31. The molecule has 0 saturated heterocycles. The number of imidazole rings is 1. The molecule has 150 valence electrons. The van der Waals surface area contributed by atoms with Gasteiger partial charge in [0.2, 0.25) is 0 Å². The molecule has 1 aliphatic rings. The van der Waals surface area contributed by atoms with E-state index in [9.17, 15) is 4.79 Å². The number of rotatable bonds is 4. The normalized spacial score (nSPS) is 11.9. The molecular weight excluding hydrogens is 493 g/mol. The van der Waals surface area contributed by atoms with Crippen LogP contribution < -0.4 is 0 Å². The number of nitrogens with zero attached hydrogens (tertiary/aromatic N) is 5. The maximum atomic E-state index is 12.5. The minimum atomic E-state index is -0.413. The predicted molar refractivity (Wildman–Crippen MR) is 119 cm³/mol. The van der Waals surface area contributed by atoms with Crippen molar-refractivity contribution in [2.75, 3.05) is 6.61 Å². The van der Waals surface area contributed by atoms with Crippen LogP contribution in [-0.2, 0) is 17.6 Å². The van der Waals surface area contributed by atoms with Gasteiger partial charge < -0.3 is 4.74 Å². The predicted octanol–water partition coefficient (Wildman–Crippen LogP) is 3.73. The van der Waals surface area contributed by atoms with Gasteiger partial charge in [-0.05, 0) is 53.3 Å². The number of ether oxygens (including phenoxy) is 1. The third-order valence-electron chi connectivity index (χ3n) is 5.15. The SMILES string of the molecule is CCOC(=O)c1ncn2c1Cc1c(Cc3ccccc3)nnn1-c1cc(I)ccc1-2. The molecule has 3 heterocycles. The van der Waals surface area contributed by atoms with Crippen molar-refractivity contribution in [1.29, 1.82) is 0 Å². The van der Waals surface area contributed by atoms with Crippen molar-refractivity contribution in [3.8, 4) is 11.4 Å². The molecule has 7 nitrogen and oxygen atoms in total. The number of esters is 1. The maximum Gasteiger partial charge on any atom is 0.358 e. The number of hydrogen-bond acceptors (Lipinski definition) is 5. The molecule has 0 N–H and O–H groups in total. The zero-order valence-corrected chi connectivity index (χ0v) is 18.4. The third-order valence-corrected chi connectivity index (χ3v) is 5.82. The molecule has 2 aromatic carbocycles. The van der Waals surface area contributed by atoms with Gasteiger partial charge in [0.1, 0.15) is 6.33 Å². The third kappa shape index (κ3) is 3.20. The van der Waals surface area contributed by atoms with E-state index in [-0.39, 0.29) is 0 Å². The first-order valence-corrected chi connectivity index (χ1v) is 10.7.